The second kappa shape index (κ2) is 5.59. The van der Waals surface area contributed by atoms with Gasteiger partial charge < -0.3 is 5.73 Å². The Bertz CT molecular complexity index is 748. The van der Waals surface area contributed by atoms with Crippen LogP contribution in [0.3, 0.4) is 0 Å². The molecular weight excluding hydrogens is 371 g/mol. The standard InChI is InChI=1S/C12H9BrClFN2O2S/c13-8-2-1-3-10(15)12(8)17-20(18,19)11-5-4-7(16)6-9(11)14/h1-6,17H,16H2. The Morgan fingerprint density at radius 3 is 2.55 bits per heavy atom. The molecule has 0 spiro atoms. The van der Waals surface area contributed by atoms with Crippen LogP contribution in [0.5, 0.6) is 0 Å². The lowest BCUT2D eigenvalue weighted by Gasteiger charge is -2.12. The van der Waals surface area contributed by atoms with Gasteiger partial charge >= 0.3 is 0 Å². The molecule has 3 N–H and O–H groups in total. The van der Waals surface area contributed by atoms with Crippen molar-refractivity contribution in [1.29, 1.82) is 0 Å². The van der Waals surface area contributed by atoms with Crippen LogP contribution in [0, 0.1) is 5.82 Å². The van der Waals surface area contributed by atoms with E-state index in [2.05, 4.69) is 20.7 Å². The van der Waals surface area contributed by atoms with E-state index >= 15 is 0 Å². The molecule has 2 rings (SSSR count). The fourth-order valence-corrected chi connectivity index (χ4v) is 3.73. The van der Waals surface area contributed by atoms with Crippen LogP contribution in [-0.2, 0) is 10.0 Å². The molecule has 0 saturated carbocycles. The van der Waals surface area contributed by atoms with Crippen molar-refractivity contribution < 1.29 is 12.8 Å². The molecule has 4 nitrogen and oxygen atoms in total. The van der Waals surface area contributed by atoms with E-state index in [1.807, 2.05) is 0 Å². The van der Waals surface area contributed by atoms with Gasteiger partial charge in [-0.2, -0.15) is 0 Å². The molecule has 20 heavy (non-hydrogen) atoms. The molecule has 0 atom stereocenters. The molecule has 0 saturated heterocycles. The van der Waals surface area contributed by atoms with Crippen LogP contribution in [0.4, 0.5) is 15.8 Å². The summed E-state index contributed by atoms with van der Waals surface area (Å²) in [5.41, 5.74) is 5.66. The van der Waals surface area contributed by atoms with Crippen molar-refractivity contribution in [3.8, 4) is 0 Å². The summed E-state index contributed by atoms with van der Waals surface area (Å²) < 4.78 is 40.5. The Hall–Kier alpha value is -1.31. The first-order valence-electron chi connectivity index (χ1n) is 5.33. The Morgan fingerprint density at radius 2 is 1.95 bits per heavy atom. The van der Waals surface area contributed by atoms with E-state index in [9.17, 15) is 12.8 Å². The van der Waals surface area contributed by atoms with Crippen LogP contribution in [0.25, 0.3) is 0 Å². The molecule has 0 aliphatic carbocycles. The fourth-order valence-electron chi connectivity index (χ4n) is 1.52. The quantitative estimate of drug-likeness (QED) is 0.800. The predicted molar refractivity (Wildman–Crippen MR) is 80.8 cm³/mol. The number of nitrogen functional groups attached to an aromatic ring is 1. The van der Waals surface area contributed by atoms with E-state index in [1.165, 1.54) is 30.3 Å². The second-order valence-corrected chi connectivity index (χ2v) is 6.80. The van der Waals surface area contributed by atoms with Gasteiger partial charge in [-0.05, 0) is 46.3 Å². The highest BCUT2D eigenvalue weighted by molar-refractivity contribution is 9.10. The summed E-state index contributed by atoms with van der Waals surface area (Å²) in [6, 6.07) is 8.09. The zero-order valence-corrected chi connectivity index (χ0v) is 13.1. The molecule has 0 aliphatic heterocycles. The average molecular weight is 380 g/mol. The zero-order valence-electron chi connectivity index (χ0n) is 9.90. The van der Waals surface area contributed by atoms with Crippen molar-refractivity contribution in [3.63, 3.8) is 0 Å². The fraction of sp³-hybridized carbons (Fsp3) is 0. The van der Waals surface area contributed by atoms with Gasteiger partial charge in [0.2, 0.25) is 0 Å². The minimum atomic E-state index is -4.01. The first-order valence-corrected chi connectivity index (χ1v) is 7.98. The van der Waals surface area contributed by atoms with Crippen LogP contribution in [-0.4, -0.2) is 8.42 Å². The van der Waals surface area contributed by atoms with Crippen LogP contribution < -0.4 is 10.5 Å². The highest BCUT2D eigenvalue weighted by atomic mass is 79.9. The maximum atomic E-state index is 13.7. The highest BCUT2D eigenvalue weighted by Gasteiger charge is 2.21. The molecule has 8 heteroatoms. The van der Waals surface area contributed by atoms with Gasteiger partial charge in [0.05, 0.1) is 10.7 Å². The summed E-state index contributed by atoms with van der Waals surface area (Å²) in [5, 5.41) is -0.0371. The summed E-state index contributed by atoms with van der Waals surface area (Å²) in [6.45, 7) is 0. The van der Waals surface area contributed by atoms with Crippen molar-refractivity contribution in [2.24, 2.45) is 0 Å². The van der Waals surface area contributed by atoms with Crippen LogP contribution >= 0.6 is 27.5 Å². The first-order chi connectivity index (χ1) is 9.31. The number of nitrogens with two attached hydrogens (primary N) is 1. The van der Waals surface area contributed by atoms with E-state index in [4.69, 9.17) is 17.3 Å². The van der Waals surface area contributed by atoms with E-state index < -0.39 is 15.8 Å². The topological polar surface area (TPSA) is 72.2 Å². The van der Waals surface area contributed by atoms with Crippen molar-refractivity contribution in [2.75, 3.05) is 10.5 Å². The summed E-state index contributed by atoms with van der Waals surface area (Å²) in [6.07, 6.45) is 0. The molecule has 0 bridgehead atoms. The van der Waals surface area contributed by atoms with Gasteiger partial charge in [0.1, 0.15) is 10.7 Å². The van der Waals surface area contributed by atoms with Gasteiger partial charge in [-0.3, -0.25) is 4.72 Å². The lowest BCUT2D eigenvalue weighted by Crippen LogP contribution is -2.15. The van der Waals surface area contributed by atoms with Crippen molar-refractivity contribution >= 4 is 48.9 Å². The molecule has 0 fully saturated rings. The lowest BCUT2D eigenvalue weighted by molar-refractivity contribution is 0.598. The van der Waals surface area contributed by atoms with Gasteiger partial charge in [-0.25, -0.2) is 12.8 Å². The molecule has 0 radical (unpaired) electrons. The number of sulfonamides is 1. The summed E-state index contributed by atoms with van der Waals surface area (Å²) in [7, 11) is -4.01. The monoisotopic (exact) mass is 378 g/mol. The van der Waals surface area contributed by atoms with Crippen LogP contribution in [0.15, 0.2) is 45.8 Å². The summed E-state index contributed by atoms with van der Waals surface area (Å²) >= 11 is 8.94. The average Bonchev–Trinajstić information content (AvgIpc) is 2.33. The number of hydrogen-bond donors (Lipinski definition) is 2. The van der Waals surface area contributed by atoms with E-state index in [1.54, 1.807) is 0 Å². The van der Waals surface area contributed by atoms with Gasteiger partial charge in [0.25, 0.3) is 10.0 Å². The van der Waals surface area contributed by atoms with Gasteiger partial charge in [-0.1, -0.05) is 17.7 Å². The van der Waals surface area contributed by atoms with Gasteiger partial charge in [0, 0.05) is 10.2 Å². The molecule has 106 valence electrons. The Balaban J connectivity index is 2.46. The SMILES string of the molecule is Nc1ccc(S(=O)(=O)Nc2c(F)cccc2Br)c(Cl)c1. The van der Waals surface area contributed by atoms with Crippen molar-refractivity contribution in [1.82, 2.24) is 0 Å². The Morgan fingerprint density at radius 1 is 1.25 bits per heavy atom. The second-order valence-electron chi connectivity index (χ2n) is 3.89. The zero-order chi connectivity index (χ0) is 14.9. The Kier molecular flexibility index (Phi) is 4.22. The minimum absolute atomic E-state index is 0.0371. The first kappa shape index (κ1) is 15.1. The van der Waals surface area contributed by atoms with Crippen LogP contribution in [0.2, 0.25) is 5.02 Å². The third kappa shape index (κ3) is 3.05. The van der Waals surface area contributed by atoms with Gasteiger partial charge in [0.15, 0.2) is 0 Å². The number of para-hydroxylation sites is 1. The number of rotatable bonds is 3. The highest BCUT2D eigenvalue weighted by Crippen LogP contribution is 2.30. The van der Waals surface area contributed by atoms with E-state index in [0.29, 0.717) is 5.69 Å². The molecular formula is C12H9BrClFN2O2S. The van der Waals surface area contributed by atoms with Crippen LogP contribution in [0.1, 0.15) is 0 Å². The number of halogens is 3. The number of nitrogens with one attached hydrogen (secondary N) is 1. The van der Waals surface area contributed by atoms with Crippen molar-refractivity contribution in [2.45, 2.75) is 4.90 Å². The third-order valence-corrected chi connectivity index (χ3v) is 4.94. The molecule has 0 aliphatic rings. The Labute approximate surface area is 128 Å². The lowest BCUT2D eigenvalue weighted by atomic mass is 10.3. The molecule has 2 aromatic rings. The molecule has 0 unspecified atom stereocenters. The third-order valence-electron chi connectivity index (χ3n) is 2.44. The number of anilines is 2. The molecule has 0 heterocycles. The van der Waals surface area contributed by atoms with Crippen molar-refractivity contribution in [3.05, 3.63) is 51.7 Å². The predicted octanol–water partition coefficient (Wildman–Crippen LogP) is 3.62. The van der Waals surface area contributed by atoms with E-state index in [0.717, 1.165) is 6.07 Å². The summed E-state index contributed by atoms with van der Waals surface area (Å²) in [5.74, 6) is -0.700. The molecule has 0 aromatic heterocycles. The van der Waals surface area contributed by atoms with E-state index in [-0.39, 0.29) is 20.1 Å². The maximum absolute atomic E-state index is 13.7. The molecule has 2 aromatic carbocycles. The number of benzene rings is 2. The van der Waals surface area contributed by atoms with Gasteiger partial charge in [-0.15, -0.1) is 0 Å². The molecule has 0 amide bonds. The number of hydrogen-bond acceptors (Lipinski definition) is 3. The minimum Gasteiger partial charge on any atom is -0.399 e. The summed E-state index contributed by atoms with van der Waals surface area (Å²) in [4.78, 5) is -0.177. The normalized spacial score (nSPS) is 11.3. The largest absolute Gasteiger partial charge is 0.399 e. The maximum Gasteiger partial charge on any atom is 0.263 e. The smallest absolute Gasteiger partial charge is 0.263 e.